The molecule has 0 bridgehead atoms. The minimum absolute atomic E-state index is 0.426. The highest BCUT2D eigenvalue weighted by Crippen LogP contribution is 2.22. The van der Waals surface area contributed by atoms with Crippen LogP contribution in [0.1, 0.15) is 40.5 Å². The second-order valence-corrected chi connectivity index (χ2v) is 5.98. The molecule has 2 atom stereocenters. The van der Waals surface area contributed by atoms with Gasteiger partial charge in [-0.2, -0.15) is 0 Å². The number of nitrogens with zero attached hydrogens (tertiary/aromatic N) is 1. The van der Waals surface area contributed by atoms with Crippen molar-refractivity contribution in [1.82, 2.24) is 10.4 Å². The summed E-state index contributed by atoms with van der Waals surface area (Å²) in [5, 5.41) is 14.3. The summed E-state index contributed by atoms with van der Waals surface area (Å²) >= 11 is 0. The average molecular weight is 285 g/mol. The molecule has 0 unspecified atom stereocenters. The van der Waals surface area contributed by atoms with Crippen molar-refractivity contribution in [3.8, 4) is 0 Å². The van der Waals surface area contributed by atoms with Crippen LogP contribution in [-0.2, 0) is 19.2 Å². The van der Waals surface area contributed by atoms with E-state index in [9.17, 15) is 19.5 Å². The van der Waals surface area contributed by atoms with Gasteiger partial charge in [-0.3, -0.25) is 4.79 Å². The minimum Gasteiger partial charge on any atom is -0.548 e. The van der Waals surface area contributed by atoms with Crippen molar-refractivity contribution in [3.05, 3.63) is 0 Å². The van der Waals surface area contributed by atoms with E-state index in [-0.39, 0.29) is 0 Å². The van der Waals surface area contributed by atoms with Crippen molar-refractivity contribution in [2.24, 2.45) is 5.41 Å². The first-order chi connectivity index (χ1) is 9.12. The Balaban J connectivity index is 2.63. The fraction of sp³-hybridized carbons (Fsp3) is 0.769. The van der Waals surface area contributed by atoms with Gasteiger partial charge in [-0.15, -0.1) is 5.06 Å². The Morgan fingerprint density at radius 1 is 1.35 bits per heavy atom. The molecule has 1 saturated heterocycles. The molecule has 0 radical (unpaired) electrons. The Hall–Kier alpha value is -1.63. The lowest BCUT2D eigenvalue weighted by Gasteiger charge is -2.27. The van der Waals surface area contributed by atoms with E-state index in [4.69, 9.17) is 4.84 Å². The van der Waals surface area contributed by atoms with Crippen LogP contribution < -0.4 is 10.4 Å². The number of carbonyl (C=O) groups excluding carboxylic acids is 3. The van der Waals surface area contributed by atoms with Crippen LogP contribution in [0.25, 0.3) is 0 Å². The van der Waals surface area contributed by atoms with Crippen LogP contribution in [0.2, 0.25) is 0 Å². The first-order valence-electron chi connectivity index (χ1n) is 6.63. The minimum atomic E-state index is -1.35. The third-order valence-electron chi connectivity index (χ3n) is 3.03. The van der Waals surface area contributed by atoms with Crippen LogP contribution in [0, 0.1) is 5.41 Å². The van der Waals surface area contributed by atoms with E-state index in [0.29, 0.717) is 19.4 Å². The SMILES string of the molecule is C[C@H](NC(=O)[C@H]1CCCN1OC(=O)C(C)(C)C)C(=O)[O-]. The van der Waals surface area contributed by atoms with Gasteiger partial charge in [-0.1, -0.05) is 0 Å². The molecule has 1 aliphatic rings. The monoisotopic (exact) mass is 285 g/mol. The lowest BCUT2D eigenvalue weighted by molar-refractivity contribution is -0.307. The third kappa shape index (κ3) is 4.19. The van der Waals surface area contributed by atoms with Gasteiger partial charge in [-0.05, 0) is 40.5 Å². The van der Waals surface area contributed by atoms with E-state index in [1.54, 1.807) is 20.8 Å². The normalized spacial score (nSPS) is 21.3. The first-order valence-corrected chi connectivity index (χ1v) is 6.63. The number of aliphatic carboxylic acids is 1. The van der Waals surface area contributed by atoms with Gasteiger partial charge >= 0.3 is 5.97 Å². The summed E-state index contributed by atoms with van der Waals surface area (Å²) in [6.07, 6.45) is 1.22. The van der Waals surface area contributed by atoms with Gasteiger partial charge in [0, 0.05) is 6.54 Å². The Morgan fingerprint density at radius 3 is 2.45 bits per heavy atom. The van der Waals surface area contributed by atoms with Crippen LogP contribution in [0.5, 0.6) is 0 Å². The smallest absolute Gasteiger partial charge is 0.330 e. The highest BCUT2D eigenvalue weighted by atomic mass is 16.7. The zero-order chi connectivity index (χ0) is 15.5. The Kier molecular flexibility index (Phi) is 5.10. The molecule has 0 aromatic carbocycles. The van der Waals surface area contributed by atoms with Crippen molar-refractivity contribution in [3.63, 3.8) is 0 Å². The highest BCUT2D eigenvalue weighted by Gasteiger charge is 2.36. The number of hydrogen-bond acceptors (Lipinski definition) is 6. The molecule has 1 amide bonds. The van der Waals surface area contributed by atoms with Crippen LogP contribution in [0.3, 0.4) is 0 Å². The van der Waals surface area contributed by atoms with E-state index in [2.05, 4.69) is 5.32 Å². The molecule has 1 fully saturated rings. The highest BCUT2D eigenvalue weighted by molar-refractivity contribution is 5.86. The molecule has 1 N–H and O–H groups in total. The molecule has 20 heavy (non-hydrogen) atoms. The van der Waals surface area contributed by atoms with E-state index in [1.807, 2.05) is 0 Å². The fourth-order valence-electron chi connectivity index (χ4n) is 1.72. The Bertz CT molecular complexity index is 402. The summed E-state index contributed by atoms with van der Waals surface area (Å²) in [6, 6.07) is -1.73. The number of hydroxylamine groups is 2. The molecule has 0 saturated carbocycles. The maximum atomic E-state index is 12.0. The second-order valence-electron chi connectivity index (χ2n) is 5.98. The van der Waals surface area contributed by atoms with E-state index < -0.39 is 35.3 Å². The zero-order valence-electron chi connectivity index (χ0n) is 12.3. The van der Waals surface area contributed by atoms with E-state index in [0.717, 1.165) is 0 Å². The molecule has 114 valence electrons. The Labute approximate surface area is 118 Å². The average Bonchev–Trinajstić information content (AvgIpc) is 2.75. The van der Waals surface area contributed by atoms with Crippen LogP contribution in [0.4, 0.5) is 0 Å². The lowest BCUT2D eigenvalue weighted by atomic mass is 9.98. The summed E-state index contributed by atoms with van der Waals surface area (Å²) in [4.78, 5) is 39.6. The summed E-state index contributed by atoms with van der Waals surface area (Å²) in [5.41, 5.74) is -0.665. The standard InChI is InChI=1S/C13H22N2O5/c1-8(11(17)18)14-10(16)9-6-5-7-15(9)20-12(19)13(2,3)4/h8-9H,5-7H2,1-4H3,(H,14,16)(H,17,18)/p-1/t8-,9+/m0/s1. The number of amides is 1. The predicted molar refractivity (Wildman–Crippen MR) is 67.9 cm³/mol. The van der Waals surface area contributed by atoms with Gasteiger partial charge < -0.3 is 20.1 Å². The second kappa shape index (κ2) is 6.21. The van der Waals surface area contributed by atoms with Gasteiger partial charge in [0.25, 0.3) is 0 Å². The summed E-state index contributed by atoms with van der Waals surface area (Å²) < 4.78 is 0. The maximum Gasteiger partial charge on any atom is 0.330 e. The molecular weight excluding hydrogens is 264 g/mol. The van der Waals surface area contributed by atoms with Gasteiger partial charge in [0.1, 0.15) is 6.04 Å². The van der Waals surface area contributed by atoms with Crippen molar-refractivity contribution < 1.29 is 24.3 Å². The van der Waals surface area contributed by atoms with E-state index in [1.165, 1.54) is 12.0 Å². The van der Waals surface area contributed by atoms with E-state index >= 15 is 0 Å². The number of hydrogen-bond donors (Lipinski definition) is 1. The first kappa shape index (κ1) is 16.4. The number of carboxylic acids is 1. The molecule has 0 spiro atoms. The lowest BCUT2D eigenvalue weighted by Crippen LogP contribution is -2.52. The maximum absolute atomic E-state index is 12.0. The molecule has 7 heteroatoms. The van der Waals surface area contributed by atoms with Crippen molar-refractivity contribution in [2.45, 2.75) is 52.6 Å². The van der Waals surface area contributed by atoms with Gasteiger partial charge in [0.15, 0.2) is 0 Å². The molecule has 1 aliphatic heterocycles. The van der Waals surface area contributed by atoms with Gasteiger partial charge in [0.05, 0.1) is 17.4 Å². The van der Waals surface area contributed by atoms with Crippen LogP contribution >= 0.6 is 0 Å². The summed E-state index contributed by atoms with van der Waals surface area (Å²) in [5.74, 6) is -2.25. The number of carbonyl (C=O) groups is 3. The molecule has 7 nitrogen and oxygen atoms in total. The summed E-state index contributed by atoms with van der Waals surface area (Å²) in [6.45, 7) is 6.95. The number of nitrogens with one attached hydrogen (secondary N) is 1. The zero-order valence-corrected chi connectivity index (χ0v) is 12.3. The number of rotatable bonds is 4. The Morgan fingerprint density at radius 2 is 1.95 bits per heavy atom. The van der Waals surface area contributed by atoms with Crippen LogP contribution in [-0.4, -0.2) is 41.5 Å². The predicted octanol–water partition coefficient (Wildman–Crippen LogP) is -0.790. The van der Waals surface area contributed by atoms with Gasteiger partial charge in [0.2, 0.25) is 5.91 Å². The largest absolute Gasteiger partial charge is 0.548 e. The fourth-order valence-corrected chi connectivity index (χ4v) is 1.72. The molecule has 1 rings (SSSR count). The topological polar surface area (TPSA) is 98.8 Å². The van der Waals surface area contributed by atoms with Crippen LogP contribution in [0.15, 0.2) is 0 Å². The molecule has 0 aliphatic carbocycles. The molecular formula is C13H21N2O5-. The quantitative estimate of drug-likeness (QED) is 0.727. The third-order valence-corrected chi connectivity index (χ3v) is 3.03. The molecule has 1 heterocycles. The molecule has 0 aromatic heterocycles. The van der Waals surface area contributed by atoms with Crippen molar-refractivity contribution in [2.75, 3.05) is 6.54 Å². The summed E-state index contributed by atoms with van der Waals surface area (Å²) in [7, 11) is 0. The van der Waals surface area contributed by atoms with Crippen molar-refractivity contribution in [1.29, 1.82) is 0 Å². The number of carboxylic acid groups (broad SMARTS) is 1. The molecule has 0 aromatic rings. The van der Waals surface area contributed by atoms with Gasteiger partial charge in [-0.25, -0.2) is 4.79 Å². The van der Waals surface area contributed by atoms with Crippen molar-refractivity contribution >= 4 is 17.8 Å².